The molecule has 0 amide bonds. The number of likely N-dealkylation sites (N-methyl/N-ethyl adjacent to an activating group) is 1. The summed E-state index contributed by atoms with van der Waals surface area (Å²) in [5.74, 6) is 0.475. The second-order valence-corrected chi connectivity index (χ2v) is 8.31. The lowest BCUT2D eigenvalue weighted by molar-refractivity contribution is 0.270. The molecule has 170 valence electrons. The summed E-state index contributed by atoms with van der Waals surface area (Å²) < 4.78 is 20.2. The Morgan fingerprint density at radius 2 is 1.88 bits per heavy atom. The van der Waals surface area contributed by atoms with Crippen LogP contribution in [-0.4, -0.2) is 52.7 Å². The van der Waals surface area contributed by atoms with Crippen LogP contribution in [0.1, 0.15) is 18.4 Å². The molecule has 1 aliphatic heterocycles. The molecule has 0 radical (unpaired) electrons. The number of pyridine rings is 1. The predicted octanol–water partition coefficient (Wildman–Crippen LogP) is 3.64. The largest absolute Gasteiger partial charge is 0.367 e. The van der Waals surface area contributed by atoms with Crippen LogP contribution in [0.15, 0.2) is 57.8 Å². The van der Waals surface area contributed by atoms with Gasteiger partial charge in [0.25, 0.3) is 5.56 Å². The first-order chi connectivity index (χ1) is 16.1. The first kappa shape index (κ1) is 21.3. The Hall–Kier alpha value is -3.52. The topological polar surface area (TPSA) is 78.3 Å². The number of nitrogens with zero attached hydrogens (tertiary/aromatic N) is 4. The molecule has 1 fully saturated rings. The summed E-state index contributed by atoms with van der Waals surface area (Å²) in [6.45, 7) is 6.65. The van der Waals surface area contributed by atoms with Crippen molar-refractivity contribution in [2.24, 2.45) is 0 Å². The Kier molecular flexibility index (Phi) is 5.92. The molecule has 4 aromatic rings. The van der Waals surface area contributed by atoms with Crippen LogP contribution in [0, 0.1) is 5.82 Å². The van der Waals surface area contributed by atoms with E-state index in [1.54, 1.807) is 6.07 Å². The van der Waals surface area contributed by atoms with E-state index in [2.05, 4.69) is 31.8 Å². The van der Waals surface area contributed by atoms with Gasteiger partial charge in [0.15, 0.2) is 0 Å². The third kappa shape index (κ3) is 4.52. The van der Waals surface area contributed by atoms with Crippen LogP contribution in [-0.2, 0) is 12.8 Å². The molecule has 1 N–H and O–H groups in total. The van der Waals surface area contributed by atoms with Gasteiger partial charge in [-0.3, -0.25) is 4.79 Å². The van der Waals surface area contributed by atoms with E-state index < -0.39 is 0 Å². The maximum absolute atomic E-state index is 14.9. The van der Waals surface area contributed by atoms with Crippen molar-refractivity contribution in [3.05, 3.63) is 76.2 Å². The second-order valence-electron chi connectivity index (χ2n) is 8.31. The van der Waals surface area contributed by atoms with E-state index >= 15 is 0 Å². The van der Waals surface area contributed by atoms with Gasteiger partial charge in [0, 0.05) is 49.2 Å². The zero-order valence-corrected chi connectivity index (χ0v) is 18.6. The van der Waals surface area contributed by atoms with Crippen molar-refractivity contribution in [3.8, 4) is 11.4 Å². The number of para-hydroxylation sites is 1. The van der Waals surface area contributed by atoms with E-state index in [0.717, 1.165) is 43.6 Å². The molecule has 2 aromatic heterocycles. The van der Waals surface area contributed by atoms with Crippen molar-refractivity contribution in [2.75, 3.05) is 37.6 Å². The minimum atomic E-state index is -0.286. The van der Waals surface area contributed by atoms with Crippen molar-refractivity contribution < 1.29 is 8.91 Å². The van der Waals surface area contributed by atoms with E-state index in [1.807, 2.05) is 36.4 Å². The number of fused-ring (bicyclic) bond motifs is 1. The summed E-state index contributed by atoms with van der Waals surface area (Å²) in [5.41, 5.74) is 2.53. The lowest BCUT2D eigenvalue weighted by atomic mass is 10.1. The molecular formula is C25H26FN5O2. The molecule has 1 saturated heterocycles. The highest BCUT2D eigenvalue weighted by Gasteiger charge is 2.20. The quantitative estimate of drug-likeness (QED) is 0.486. The van der Waals surface area contributed by atoms with Crippen molar-refractivity contribution in [3.63, 3.8) is 0 Å². The highest BCUT2D eigenvalue weighted by atomic mass is 19.1. The van der Waals surface area contributed by atoms with Gasteiger partial charge in [0.2, 0.25) is 11.7 Å². The average molecular weight is 448 g/mol. The van der Waals surface area contributed by atoms with Gasteiger partial charge < -0.3 is 19.3 Å². The van der Waals surface area contributed by atoms with Gasteiger partial charge in [0.1, 0.15) is 5.82 Å². The molecule has 0 atom stereocenters. The maximum atomic E-state index is 14.9. The smallest absolute Gasteiger partial charge is 0.251 e. The summed E-state index contributed by atoms with van der Waals surface area (Å²) in [5, 5.41) is 4.99. The predicted molar refractivity (Wildman–Crippen MR) is 126 cm³/mol. The maximum Gasteiger partial charge on any atom is 0.251 e. The number of aromatic nitrogens is 3. The first-order valence-electron chi connectivity index (χ1n) is 11.3. The number of anilines is 1. The number of H-pyrrole nitrogens is 1. The highest BCUT2D eigenvalue weighted by Crippen LogP contribution is 2.26. The van der Waals surface area contributed by atoms with Crippen LogP contribution in [0.5, 0.6) is 0 Å². The third-order valence-electron chi connectivity index (χ3n) is 6.27. The van der Waals surface area contributed by atoms with E-state index in [0.29, 0.717) is 41.4 Å². The Labute approximate surface area is 190 Å². The molecule has 5 rings (SSSR count). The minimum Gasteiger partial charge on any atom is -0.367 e. The molecule has 2 aromatic carbocycles. The number of piperazine rings is 1. The van der Waals surface area contributed by atoms with Crippen LogP contribution in [0.3, 0.4) is 0 Å². The van der Waals surface area contributed by atoms with Crippen LogP contribution < -0.4 is 10.5 Å². The number of rotatable bonds is 6. The van der Waals surface area contributed by atoms with Crippen LogP contribution in [0.4, 0.5) is 10.1 Å². The summed E-state index contributed by atoms with van der Waals surface area (Å²) >= 11 is 0. The molecule has 1 aliphatic rings. The summed E-state index contributed by atoms with van der Waals surface area (Å²) in [7, 11) is 0. The van der Waals surface area contributed by atoms with Crippen LogP contribution >= 0.6 is 0 Å². The normalized spacial score (nSPS) is 14.8. The monoisotopic (exact) mass is 447 g/mol. The number of aryl methyl sites for hydroxylation is 2. The highest BCUT2D eigenvalue weighted by molar-refractivity contribution is 5.78. The fourth-order valence-corrected chi connectivity index (χ4v) is 4.30. The number of halogens is 1. The standard InChI is InChI=1S/C25H26FN5O2/c1-2-30-11-13-31(14-12-30)22-9-7-18(16-20(22)26)24-28-23(33-29-24)10-8-19-15-17-5-3-4-6-21(17)27-25(19)32/h3-7,9,15-16H,2,8,10-14H2,1H3,(H,27,32). The van der Waals surface area contributed by atoms with E-state index in [1.165, 1.54) is 6.07 Å². The van der Waals surface area contributed by atoms with Crippen molar-refractivity contribution in [1.29, 1.82) is 0 Å². The molecule has 0 aliphatic carbocycles. The van der Waals surface area contributed by atoms with Crippen molar-refractivity contribution in [1.82, 2.24) is 20.0 Å². The lowest BCUT2D eigenvalue weighted by Crippen LogP contribution is -2.46. The van der Waals surface area contributed by atoms with Gasteiger partial charge in [-0.25, -0.2) is 4.39 Å². The Bertz CT molecular complexity index is 1320. The van der Waals surface area contributed by atoms with Gasteiger partial charge >= 0.3 is 0 Å². The Morgan fingerprint density at radius 1 is 1.06 bits per heavy atom. The van der Waals surface area contributed by atoms with Gasteiger partial charge in [-0.2, -0.15) is 4.98 Å². The van der Waals surface area contributed by atoms with Crippen LogP contribution in [0.25, 0.3) is 22.3 Å². The third-order valence-corrected chi connectivity index (χ3v) is 6.27. The number of benzene rings is 2. The zero-order chi connectivity index (χ0) is 22.8. The second kappa shape index (κ2) is 9.15. The van der Waals surface area contributed by atoms with E-state index in [9.17, 15) is 9.18 Å². The molecule has 33 heavy (non-hydrogen) atoms. The lowest BCUT2D eigenvalue weighted by Gasteiger charge is -2.35. The summed E-state index contributed by atoms with van der Waals surface area (Å²) in [6, 6.07) is 14.6. The Morgan fingerprint density at radius 3 is 2.67 bits per heavy atom. The molecule has 0 unspecified atom stereocenters. The molecule has 7 nitrogen and oxygen atoms in total. The molecular weight excluding hydrogens is 421 g/mol. The van der Waals surface area contributed by atoms with Gasteiger partial charge in [-0.1, -0.05) is 30.3 Å². The average Bonchev–Trinajstić information content (AvgIpc) is 3.32. The van der Waals surface area contributed by atoms with Crippen LogP contribution in [0.2, 0.25) is 0 Å². The molecule has 8 heteroatoms. The SMILES string of the molecule is CCN1CCN(c2ccc(-c3noc(CCc4cc5ccccc5[nH]c4=O)n3)cc2F)CC1. The minimum absolute atomic E-state index is 0.120. The fraction of sp³-hybridized carbons (Fsp3) is 0.320. The number of hydrogen-bond acceptors (Lipinski definition) is 6. The first-order valence-corrected chi connectivity index (χ1v) is 11.3. The number of aromatic amines is 1. The molecule has 0 bridgehead atoms. The summed E-state index contributed by atoms with van der Waals surface area (Å²) in [6.07, 6.45) is 0.898. The van der Waals surface area contributed by atoms with Gasteiger partial charge in [-0.05, 0) is 48.7 Å². The molecule has 0 spiro atoms. The molecule has 3 heterocycles. The zero-order valence-electron chi connectivity index (χ0n) is 18.6. The number of hydrogen-bond donors (Lipinski definition) is 1. The van der Waals surface area contributed by atoms with Crippen molar-refractivity contribution >= 4 is 16.6 Å². The van der Waals surface area contributed by atoms with Gasteiger partial charge in [-0.15, -0.1) is 0 Å². The van der Waals surface area contributed by atoms with E-state index in [4.69, 9.17) is 4.52 Å². The van der Waals surface area contributed by atoms with Crippen molar-refractivity contribution in [2.45, 2.75) is 19.8 Å². The Balaban J connectivity index is 1.27. The fourth-order valence-electron chi connectivity index (χ4n) is 4.30. The van der Waals surface area contributed by atoms with E-state index in [-0.39, 0.29) is 11.4 Å². The van der Waals surface area contributed by atoms with Gasteiger partial charge in [0.05, 0.1) is 5.69 Å². The number of nitrogens with one attached hydrogen (secondary N) is 1. The molecule has 0 saturated carbocycles. The summed E-state index contributed by atoms with van der Waals surface area (Å²) in [4.78, 5) is 24.1.